The Hall–Kier alpha value is -1.82. The predicted octanol–water partition coefficient (Wildman–Crippen LogP) is 0.277. The van der Waals surface area contributed by atoms with Crippen molar-refractivity contribution in [1.82, 2.24) is 10.2 Å². The molecule has 0 unspecified atom stereocenters. The van der Waals surface area contributed by atoms with Crippen molar-refractivity contribution in [3.63, 3.8) is 0 Å². The molecule has 0 bridgehead atoms. The van der Waals surface area contributed by atoms with Crippen LogP contribution in [-0.2, 0) is 16.0 Å². The Morgan fingerprint density at radius 3 is 3.00 bits per heavy atom. The molecular formula is C14H21N3O3. The van der Waals surface area contributed by atoms with Crippen LogP contribution >= 0.6 is 0 Å². The third-order valence-electron chi connectivity index (χ3n) is 3.47. The number of nitrogens with two attached hydrogens (primary N) is 1. The molecule has 0 saturated carbocycles. The zero-order valence-electron chi connectivity index (χ0n) is 11.7. The number of rotatable bonds is 5. The highest BCUT2D eigenvalue weighted by atomic mass is 16.3. The van der Waals surface area contributed by atoms with Gasteiger partial charge in [-0.05, 0) is 25.5 Å². The number of hydrogen-bond acceptors (Lipinski definition) is 4. The van der Waals surface area contributed by atoms with Crippen LogP contribution in [0, 0.1) is 0 Å². The van der Waals surface area contributed by atoms with Gasteiger partial charge in [-0.1, -0.05) is 0 Å². The van der Waals surface area contributed by atoms with Gasteiger partial charge >= 0.3 is 0 Å². The first kappa shape index (κ1) is 14.6. The predicted molar refractivity (Wildman–Crippen MR) is 73.8 cm³/mol. The van der Waals surface area contributed by atoms with Crippen LogP contribution in [0.25, 0.3) is 0 Å². The number of amides is 2. The van der Waals surface area contributed by atoms with E-state index in [-0.39, 0.29) is 17.9 Å². The van der Waals surface area contributed by atoms with E-state index in [1.807, 2.05) is 13.0 Å². The summed E-state index contributed by atoms with van der Waals surface area (Å²) in [5, 5.41) is 2.76. The molecule has 1 aliphatic rings. The molecule has 1 aromatic rings. The average Bonchev–Trinajstić information content (AvgIpc) is 3.05. The smallest absolute Gasteiger partial charge is 0.242 e. The highest BCUT2D eigenvalue weighted by Crippen LogP contribution is 2.19. The van der Waals surface area contributed by atoms with Crippen molar-refractivity contribution in [2.24, 2.45) is 5.73 Å². The number of likely N-dealkylation sites (tertiary alicyclic amines) is 1. The van der Waals surface area contributed by atoms with Crippen LogP contribution in [0.2, 0.25) is 0 Å². The standard InChI is InChI=1S/C14H21N3O3/c1-2-16-14(19)12-8-10(15)9-17(12)13(18)6-5-11-4-3-7-20-11/h3-4,7,10,12H,2,5-6,8-9,15H2,1H3,(H,16,19)/t10-,12+/m1/s1. The Morgan fingerprint density at radius 2 is 2.35 bits per heavy atom. The second-order valence-corrected chi connectivity index (χ2v) is 5.03. The Labute approximate surface area is 118 Å². The lowest BCUT2D eigenvalue weighted by Gasteiger charge is -2.23. The first-order valence-electron chi connectivity index (χ1n) is 6.97. The molecule has 3 N–H and O–H groups in total. The van der Waals surface area contributed by atoms with E-state index in [1.165, 1.54) is 0 Å². The number of carbonyl (C=O) groups is 2. The molecule has 2 heterocycles. The molecule has 6 nitrogen and oxygen atoms in total. The summed E-state index contributed by atoms with van der Waals surface area (Å²) < 4.78 is 5.21. The molecule has 2 atom stereocenters. The molecule has 0 aliphatic carbocycles. The number of nitrogens with zero attached hydrogens (tertiary/aromatic N) is 1. The van der Waals surface area contributed by atoms with Gasteiger partial charge in [-0.2, -0.15) is 0 Å². The zero-order valence-corrected chi connectivity index (χ0v) is 11.7. The van der Waals surface area contributed by atoms with E-state index in [4.69, 9.17) is 10.2 Å². The zero-order chi connectivity index (χ0) is 14.5. The lowest BCUT2D eigenvalue weighted by molar-refractivity contribution is -0.138. The van der Waals surface area contributed by atoms with Gasteiger partial charge in [-0.15, -0.1) is 0 Å². The lowest BCUT2D eigenvalue weighted by atomic mass is 10.1. The van der Waals surface area contributed by atoms with Crippen molar-refractivity contribution in [2.45, 2.75) is 38.3 Å². The number of carbonyl (C=O) groups excluding carboxylic acids is 2. The molecule has 1 aliphatic heterocycles. The molecule has 2 amide bonds. The van der Waals surface area contributed by atoms with E-state index in [0.29, 0.717) is 32.4 Å². The van der Waals surface area contributed by atoms with Crippen molar-refractivity contribution >= 4 is 11.8 Å². The van der Waals surface area contributed by atoms with Gasteiger partial charge in [0, 0.05) is 32.0 Å². The Bertz CT molecular complexity index is 458. The van der Waals surface area contributed by atoms with Gasteiger partial charge in [-0.3, -0.25) is 9.59 Å². The molecule has 1 saturated heterocycles. The van der Waals surface area contributed by atoms with Gasteiger partial charge in [0.2, 0.25) is 11.8 Å². The molecule has 20 heavy (non-hydrogen) atoms. The highest BCUT2D eigenvalue weighted by Gasteiger charge is 2.37. The number of nitrogens with one attached hydrogen (secondary N) is 1. The summed E-state index contributed by atoms with van der Waals surface area (Å²) >= 11 is 0. The SMILES string of the molecule is CCNC(=O)[C@@H]1C[C@@H](N)CN1C(=O)CCc1ccco1. The topological polar surface area (TPSA) is 88.6 Å². The minimum atomic E-state index is -0.436. The molecule has 6 heteroatoms. The fourth-order valence-corrected chi connectivity index (χ4v) is 2.51. The van der Waals surface area contributed by atoms with Gasteiger partial charge in [0.1, 0.15) is 11.8 Å². The van der Waals surface area contributed by atoms with Crippen LogP contribution in [0.15, 0.2) is 22.8 Å². The maximum absolute atomic E-state index is 12.3. The van der Waals surface area contributed by atoms with E-state index in [2.05, 4.69) is 5.32 Å². The third kappa shape index (κ3) is 3.39. The van der Waals surface area contributed by atoms with Gasteiger partial charge in [-0.25, -0.2) is 0 Å². The Morgan fingerprint density at radius 1 is 1.55 bits per heavy atom. The average molecular weight is 279 g/mol. The number of hydrogen-bond donors (Lipinski definition) is 2. The summed E-state index contributed by atoms with van der Waals surface area (Å²) in [6, 6.07) is 3.07. The maximum Gasteiger partial charge on any atom is 0.242 e. The minimum Gasteiger partial charge on any atom is -0.469 e. The number of likely N-dealkylation sites (N-methyl/N-ethyl adjacent to an activating group) is 1. The van der Waals surface area contributed by atoms with Gasteiger partial charge in [0.15, 0.2) is 0 Å². The normalized spacial score (nSPS) is 22.0. The Balaban J connectivity index is 1.94. The molecule has 0 radical (unpaired) electrons. The summed E-state index contributed by atoms with van der Waals surface area (Å²) in [7, 11) is 0. The highest BCUT2D eigenvalue weighted by molar-refractivity contribution is 5.88. The van der Waals surface area contributed by atoms with Crippen LogP contribution in [0.3, 0.4) is 0 Å². The maximum atomic E-state index is 12.3. The molecule has 0 spiro atoms. The van der Waals surface area contributed by atoms with Gasteiger partial charge in [0.05, 0.1) is 6.26 Å². The van der Waals surface area contributed by atoms with Crippen molar-refractivity contribution in [2.75, 3.05) is 13.1 Å². The summed E-state index contributed by atoms with van der Waals surface area (Å²) in [5.74, 6) is 0.605. The van der Waals surface area contributed by atoms with Crippen molar-refractivity contribution in [3.8, 4) is 0 Å². The molecule has 110 valence electrons. The lowest BCUT2D eigenvalue weighted by Crippen LogP contribution is -2.46. The first-order valence-corrected chi connectivity index (χ1v) is 6.97. The Kier molecular flexibility index (Phi) is 4.79. The van der Waals surface area contributed by atoms with E-state index in [1.54, 1.807) is 17.2 Å². The van der Waals surface area contributed by atoms with Crippen LogP contribution in [0.5, 0.6) is 0 Å². The molecule has 1 aromatic heterocycles. The molecule has 1 fully saturated rings. The van der Waals surface area contributed by atoms with Crippen molar-refractivity contribution in [3.05, 3.63) is 24.2 Å². The molecular weight excluding hydrogens is 258 g/mol. The second kappa shape index (κ2) is 6.56. The van der Waals surface area contributed by atoms with Gasteiger partial charge < -0.3 is 20.4 Å². The monoisotopic (exact) mass is 279 g/mol. The van der Waals surface area contributed by atoms with Crippen molar-refractivity contribution in [1.29, 1.82) is 0 Å². The summed E-state index contributed by atoms with van der Waals surface area (Å²) in [6.07, 6.45) is 2.98. The summed E-state index contributed by atoms with van der Waals surface area (Å²) in [4.78, 5) is 25.8. The van der Waals surface area contributed by atoms with Crippen LogP contribution < -0.4 is 11.1 Å². The minimum absolute atomic E-state index is 0.0504. The van der Waals surface area contributed by atoms with Gasteiger partial charge in [0.25, 0.3) is 0 Å². The van der Waals surface area contributed by atoms with Crippen LogP contribution in [0.4, 0.5) is 0 Å². The summed E-state index contributed by atoms with van der Waals surface area (Å²) in [5.41, 5.74) is 5.89. The largest absolute Gasteiger partial charge is 0.469 e. The number of furan rings is 1. The number of aryl methyl sites for hydroxylation is 1. The first-order chi connectivity index (χ1) is 9.61. The second-order valence-electron chi connectivity index (χ2n) is 5.03. The molecule has 2 rings (SSSR count). The molecule has 0 aromatic carbocycles. The summed E-state index contributed by atoms with van der Waals surface area (Å²) in [6.45, 7) is 2.85. The van der Waals surface area contributed by atoms with E-state index in [0.717, 1.165) is 5.76 Å². The van der Waals surface area contributed by atoms with E-state index < -0.39 is 6.04 Å². The van der Waals surface area contributed by atoms with E-state index >= 15 is 0 Å². The van der Waals surface area contributed by atoms with E-state index in [9.17, 15) is 9.59 Å². The van der Waals surface area contributed by atoms with Crippen molar-refractivity contribution < 1.29 is 14.0 Å². The van der Waals surface area contributed by atoms with Crippen LogP contribution in [-0.4, -0.2) is 41.9 Å². The fraction of sp³-hybridized carbons (Fsp3) is 0.571. The quantitative estimate of drug-likeness (QED) is 0.810. The third-order valence-corrected chi connectivity index (χ3v) is 3.47. The van der Waals surface area contributed by atoms with Crippen LogP contribution in [0.1, 0.15) is 25.5 Å². The fourth-order valence-electron chi connectivity index (χ4n) is 2.51.